The number of anilines is 1. The number of aromatic amines is 1. The van der Waals surface area contributed by atoms with Crippen LogP contribution in [0.1, 0.15) is 16.8 Å². The van der Waals surface area contributed by atoms with Crippen molar-refractivity contribution in [3.8, 4) is 23.1 Å². The van der Waals surface area contributed by atoms with E-state index in [1.54, 1.807) is 55.5 Å². The van der Waals surface area contributed by atoms with Crippen molar-refractivity contribution >= 4 is 18.0 Å². The van der Waals surface area contributed by atoms with Crippen molar-refractivity contribution in [2.45, 2.75) is 13.7 Å². The number of nitriles is 1. The van der Waals surface area contributed by atoms with Gasteiger partial charge in [0.15, 0.2) is 0 Å². The molecule has 0 saturated carbocycles. The summed E-state index contributed by atoms with van der Waals surface area (Å²) in [7, 11) is 0. The van der Waals surface area contributed by atoms with Gasteiger partial charge in [0.25, 0.3) is 5.56 Å². The number of nitrogens with one attached hydrogen (secondary N) is 2. The minimum atomic E-state index is -0.591. The van der Waals surface area contributed by atoms with Crippen molar-refractivity contribution in [1.29, 1.82) is 5.26 Å². The maximum atomic E-state index is 12.4. The van der Waals surface area contributed by atoms with Gasteiger partial charge in [-0.15, -0.1) is 4.68 Å². The minimum Gasteiger partial charge on any atom is -0.469 e. The first-order valence-electron chi connectivity index (χ1n) is 10.3. The predicted molar refractivity (Wildman–Crippen MR) is 127 cm³/mol. The molecule has 12 nitrogen and oxygen atoms in total. The van der Waals surface area contributed by atoms with Crippen molar-refractivity contribution in [1.82, 2.24) is 19.7 Å². The van der Waals surface area contributed by atoms with Crippen LogP contribution in [-0.4, -0.2) is 30.9 Å². The fourth-order valence-corrected chi connectivity index (χ4v) is 3.16. The topological polar surface area (TPSA) is 164 Å². The summed E-state index contributed by atoms with van der Waals surface area (Å²) < 4.78 is 7.15. The van der Waals surface area contributed by atoms with E-state index in [-0.39, 0.29) is 29.8 Å². The van der Waals surface area contributed by atoms with Gasteiger partial charge in [0.05, 0.1) is 28.8 Å². The number of hydrogen-bond donors (Lipinski definition) is 2. The largest absolute Gasteiger partial charge is 0.469 e. The van der Waals surface area contributed by atoms with Crippen LogP contribution in [0.4, 0.5) is 11.8 Å². The molecule has 2 aromatic heterocycles. The second-order valence-electron chi connectivity index (χ2n) is 7.20. The Morgan fingerprint density at radius 1 is 1.26 bits per heavy atom. The summed E-state index contributed by atoms with van der Waals surface area (Å²) in [6, 6.07) is 19.1. The third-order valence-corrected chi connectivity index (χ3v) is 4.87. The van der Waals surface area contributed by atoms with E-state index < -0.39 is 10.5 Å². The maximum Gasteiger partial charge on any atom is 0.390 e. The molecular weight excluding hydrogens is 452 g/mol. The third kappa shape index (κ3) is 5.20. The molecule has 2 aromatic carbocycles. The van der Waals surface area contributed by atoms with Gasteiger partial charge in [-0.05, 0) is 24.0 Å². The number of hydrazone groups is 1. The normalized spacial score (nSPS) is 10.7. The highest BCUT2D eigenvalue weighted by Crippen LogP contribution is 2.20. The van der Waals surface area contributed by atoms with E-state index in [1.807, 2.05) is 12.1 Å². The highest BCUT2D eigenvalue weighted by atomic mass is 16.6. The lowest BCUT2D eigenvalue weighted by Crippen LogP contribution is -2.16. The van der Waals surface area contributed by atoms with Gasteiger partial charge < -0.3 is 14.9 Å². The smallest absolute Gasteiger partial charge is 0.390 e. The SMILES string of the molecule is Cc1cc([N+](=O)[O-])nn1COc1ccccc1C=NNc1nc(-c2ccccc2)c(C#N)c(=O)[nH]1. The molecule has 0 atom stereocenters. The van der Waals surface area contributed by atoms with E-state index in [1.165, 1.54) is 17.0 Å². The van der Waals surface area contributed by atoms with Crippen molar-refractivity contribution in [2.24, 2.45) is 5.10 Å². The summed E-state index contributed by atoms with van der Waals surface area (Å²) in [5.41, 5.74) is 4.01. The number of hydrogen-bond acceptors (Lipinski definition) is 9. The van der Waals surface area contributed by atoms with Crippen molar-refractivity contribution in [3.05, 3.63) is 98.0 Å². The number of aryl methyl sites for hydroxylation is 1. The average Bonchev–Trinajstić information content (AvgIpc) is 3.24. The molecule has 4 aromatic rings. The van der Waals surface area contributed by atoms with Crippen LogP contribution in [0.3, 0.4) is 0 Å². The fourth-order valence-electron chi connectivity index (χ4n) is 3.16. The number of nitro groups is 1. The monoisotopic (exact) mass is 470 g/mol. The summed E-state index contributed by atoms with van der Waals surface area (Å²) >= 11 is 0. The molecule has 2 heterocycles. The summed E-state index contributed by atoms with van der Waals surface area (Å²) in [5, 5.41) is 28.3. The van der Waals surface area contributed by atoms with E-state index in [0.717, 1.165) is 0 Å². The molecule has 35 heavy (non-hydrogen) atoms. The molecular formula is C23H18N8O4. The van der Waals surface area contributed by atoms with Gasteiger partial charge in [-0.25, -0.2) is 10.4 Å². The second-order valence-corrected chi connectivity index (χ2v) is 7.20. The molecule has 12 heteroatoms. The molecule has 0 fully saturated rings. The van der Waals surface area contributed by atoms with Crippen LogP contribution < -0.4 is 15.7 Å². The van der Waals surface area contributed by atoms with Gasteiger partial charge in [0.2, 0.25) is 12.7 Å². The number of nitrogens with zero attached hydrogens (tertiary/aromatic N) is 6. The fraction of sp³-hybridized carbons (Fsp3) is 0.0870. The van der Waals surface area contributed by atoms with Crippen molar-refractivity contribution in [3.63, 3.8) is 0 Å². The van der Waals surface area contributed by atoms with E-state index >= 15 is 0 Å². The van der Waals surface area contributed by atoms with Crippen molar-refractivity contribution < 1.29 is 9.66 Å². The number of aromatic nitrogens is 4. The first-order valence-corrected chi connectivity index (χ1v) is 10.3. The van der Waals surface area contributed by atoms with E-state index in [0.29, 0.717) is 22.6 Å². The second kappa shape index (κ2) is 10.1. The first kappa shape index (κ1) is 22.9. The Morgan fingerprint density at radius 3 is 2.71 bits per heavy atom. The maximum absolute atomic E-state index is 12.4. The third-order valence-electron chi connectivity index (χ3n) is 4.87. The molecule has 2 N–H and O–H groups in total. The Morgan fingerprint density at radius 2 is 2.00 bits per heavy atom. The minimum absolute atomic E-state index is 0.0388. The Bertz CT molecular complexity index is 1500. The van der Waals surface area contributed by atoms with Gasteiger partial charge in [-0.3, -0.25) is 9.78 Å². The lowest BCUT2D eigenvalue weighted by atomic mass is 10.1. The average molecular weight is 470 g/mol. The van der Waals surface area contributed by atoms with E-state index in [2.05, 4.69) is 25.6 Å². The summed E-state index contributed by atoms with van der Waals surface area (Å²) in [6.07, 6.45) is 1.47. The molecule has 0 amide bonds. The quantitative estimate of drug-likeness (QED) is 0.225. The van der Waals surface area contributed by atoms with Crippen LogP contribution in [0.5, 0.6) is 5.75 Å². The number of benzene rings is 2. The first-order chi connectivity index (χ1) is 17.0. The van der Waals surface area contributed by atoms with Crippen LogP contribution in [0.25, 0.3) is 11.3 Å². The highest BCUT2D eigenvalue weighted by Gasteiger charge is 2.16. The molecule has 0 unspecified atom stereocenters. The predicted octanol–water partition coefficient (Wildman–Crippen LogP) is 3.20. The Kier molecular flexibility index (Phi) is 6.59. The zero-order valence-corrected chi connectivity index (χ0v) is 18.4. The molecule has 4 rings (SSSR count). The van der Waals surface area contributed by atoms with Crippen LogP contribution in [0, 0.1) is 28.4 Å². The highest BCUT2D eigenvalue weighted by molar-refractivity contribution is 5.83. The van der Waals surface area contributed by atoms with Crippen LogP contribution in [-0.2, 0) is 6.73 Å². The van der Waals surface area contributed by atoms with Gasteiger partial charge in [0.1, 0.15) is 17.4 Å². The molecule has 0 aliphatic rings. The van der Waals surface area contributed by atoms with Crippen LogP contribution in [0.15, 0.2) is 70.6 Å². The van der Waals surface area contributed by atoms with Crippen LogP contribution in [0.2, 0.25) is 0 Å². The molecule has 0 bridgehead atoms. The number of H-pyrrole nitrogens is 1. The molecule has 0 radical (unpaired) electrons. The van der Waals surface area contributed by atoms with Crippen LogP contribution >= 0.6 is 0 Å². The van der Waals surface area contributed by atoms with E-state index in [9.17, 15) is 20.2 Å². The van der Waals surface area contributed by atoms with Gasteiger partial charge in [-0.1, -0.05) is 42.5 Å². The molecule has 0 spiro atoms. The molecule has 174 valence electrons. The zero-order valence-electron chi connectivity index (χ0n) is 18.4. The molecule has 0 aliphatic carbocycles. The number of para-hydroxylation sites is 1. The standard InChI is InChI=1S/C23H18N8O4/c1-15-11-20(31(33)34)29-30(15)14-35-19-10-6-5-9-17(19)13-25-28-23-26-21(16-7-3-2-4-8-16)18(12-24)22(32)27-23/h2-11,13H,14H2,1H3,(H2,26,27,28,32). The van der Waals surface area contributed by atoms with Gasteiger partial charge in [0, 0.05) is 11.1 Å². The summed E-state index contributed by atoms with van der Waals surface area (Å²) in [4.78, 5) is 29.5. The lowest BCUT2D eigenvalue weighted by Gasteiger charge is -2.08. The number of ether oxygens (including phenoxy) is 1. The summed E-state index contributed by atoms with van der Waals surface area (Å²) in [5.74, 6) is 0.257. The van der Waals surface area contributed by atoms with Gasteiger partial charge in [-0.2, -0.15) is 10.4 Å². The van der Waals surface area contributed by atoms with Crippen molar-refractivity contribution in [2.75, 3.05) is 5.43 Å². The zero-order chi connectivity index (χ0) is 24.8. The summed E-state index contributed by atoms with van der Waals surface area (Å²) in [6.45, 7) is 1.65. The lowest BCUT2D eigenvalue weighted by molar-refractivity contribution is -0.389. The Balaban J connectivity index is 1.52. The van der Waals surface area contributed by atoms with Gasteiger partial charge >= 0.3 is 5.82 Å². The Hall–Kier alpha value is -5.31. The Labute approximate surface area is 198 Å². The molecule has 0 saturated heterocycles. The van der Waals surface area contributed by atoms with E-state index in [4.69, 9.17) is 4.74 Å². The molecule has 0 aliphatic heterocycles. The number of rotatable bonds is 8.